The summed E-state index contributed by atoms with van der Waals surface area (Å²) < 4.78 is 36.2. The number of allylic oxidation sites excluding steroid dienone is 2. The molecule has 6 atom stereocenters. The Morgan fingerprint density at radius 3 is 2.77 bits per heavy atom. The number of nitrogens with one attached hydrogen (secondary N) is 1. The standard InChI is InChI=1S/C25H31N6O8P/c1-3-8-19-23(27)28-15-29-31(19)25(14-26)22(33)21(32)20(38-25)13-36-40(35,39-18-9-5-4-6-10-18)30-16(2)24(34)37-17-11-7-12-17/h3-6,8-10,15-17,20-22,32-33H,1,7,11-13H2,2H3,(H,30,35)(H2,27,28,29)/b19-8-/t16-,20+,21+,22+,25+,40?/m0/s1. The monoisotopic (exact) mass is 574 g/mol. The van der Waals surface area contributed by atoms with Gasteiger partial charge in [0.25, 0.3) is 5.72 Å². The molecule has 0 bridgehead atoms. The Hall–Kier alpha value is -3.57. The second kappa shape index (κ2) is 12.3. The minimum atomic E-state index is -4.31. The molecule has 2 aliphatic heterocycles. The molecule has 3 aliphatic rings. The summed E-state index contributed by atoms with van der Waals surface area (Å²) in [5.41, 5.74) is 3.76. The minimum absolute atomic E-state index is 0.0396. The molecule has 1 aromatic rings. The number of nitrogens with two attached hydrogens (primary N) is 1. The lowest BCUT2D eigenvalue weighted by Crippen LogP contribution is -2.55. The summed E-state index contributed by atoms with van der Waals surface area (Å²) in [4.78, 5) is 16.4. The van der Waals surface area contributed by atoms with Crippen molar-refractivity contribution in [3.8, 4) is 11.8 Å². The number of hydrogen-bond donors (Lipinski definition) is 4. The Bertz CT molecular complexity index is 1280. The number of aliphatic hydroxyl groups excluding tert-OH is 2. The van der Waals surface area contributed by atoms with E-state index in [2.05, 4.69) is 21.8 Å². The molecule has 214 valence electrons. The van der Waals surface area contributed by atoms with Gasteiger partial charge in [0.05, 0.1) is 6.61 Å². The van der Waals surface area contributed by atoms with Crippen LogP contribution in [0.15, 0.2) is 64.9 Å². The van der Waals surface area contributed by atoms with Crippen LogP contribution in [0.5, 0.6) is 5.75 Å². The van der Waals surface area contributed by atoms with Crippen LogP contribution in [0.1, 0.15) is 26.2 Å². The van der Waals surface area contributed by atoms with Crippen LogP contribution in [-0.4, -0.2) is 76.2 Å². The van der Waals surface area contributed by atoms with Gasteiger partial charge in [0.1, 0.15) is 54.3 Å². The van der Waals surface area contributed by atoms with Gasteiger partial charge in [0.15, 0.2) is 5.84 Å². The predicted octanol–water partition coefficient (Wildman–Crippen LogP) is 1.29. The number of amidine groups is 1. The number of hydrogen-bond acceptors (Lipinski definition) is 13. The number of rotatable bonds is 11. The molecule has 1 saturated heterocycles. The van der Waals surface area contributed by atoms with Crippen molar-refractivity contribution in [2.24, 2.45) is 15.8 Å². The lowest BCUT2D eigenvalue weighted by molar-refractivity contribution is -0.154. The zero-order valence-corrected chi connectivity index (χ0v) is 22.6. The molecule has 1 saturated carbocycles. The van der Waals surface area contributed by atoms with Crippen LogP contribution < -0.4 is 15.3 Å². The molecule has 14 nitrogen and oxygen atoms in total. The molecular formula is C25H31N6O8P. The highest BCUT2D eigenvalue weighted by atomic mass is 31.2. The zero-order valence-electron chi connectivity index (χ0n) is 21.7. The molecule has 1 aromatic carbocycles. The first-order valence-corrected chi connectivity index (χ1v) is 14.1. The van der Waals surface area contributed by atoms with Crippen molar-refractivity contribution in [1.29, 1.82) is 5.26 Å². The fourth-order valence-electron chi connectivity index (χ4n) is 4.09. The number of esters is 1. The number of aliphatic imine (C=N–C) groups is 1. The number of hydrazone groups is 1. The molecule has 40 heavy (non-hydrogen) atoms. The van der Waals surface area contributed by atoms with E-state index < -0.39 is 50.4 Å². The van der Waals surface area contributed by atoms with Gasteiger partial charge >= 0.3 is 13.7 Å². The molecule has 1 unspecified atom stereocenters. The Kier molecular flexibility index (Phi) is 9.05. The first kappa shape index (κ1) is 29.4. The lowest BCUT2D eigenvalue weighted by Gasteiger charge is -2.36. The van der Waals surface area contributed by atoms with Crippen LogP contribution in [0.3, 0.4) is 0 Å². The van der Waals surface area contributed by atoms with Crippen LogP contribution in [0.25, 0.3) is 0 Å². The van der Waals surface area contributed by atoms with Gasteiger partial charge in [-0.15, -0.1) is 0 Å². The number of carbonyl (C=O) groups is 1. The summed E-state index contributed by atoms with van der Waals surface area (Å²) in [6, 6.07) is 8.86. The van der Waals surface area contributed by atoms with E-state index in [9.17, 15) is 24.8 Å². The van der Waals surface area contributed by atoms with Crippen LogP contribution in [0, 0.1) is 11.3 Å². The van der Waals surface area contributed by atoms with Crippen molar-refractivity contribution in [2.75, 3.05) is 6.61 Å². The largest absolute Gasteiger partial charge is 0.461 e. The minimum Gasteiger partial charge on any atom is -0.461 e. The molecule has 0 amide bonds. The first-order valence-electron chi connectivity index (χ1n) is 12.5. The highest BCUT2D eigenvalue weighted by Crippen LogP contribution is 2.46. The third-order valence-electron chi connectivity index (χ3n) is 6.46. The number of nitriles is 1. The molecule has 0 radical (unpaired) electrons. The Morgan fingerprint density at radius 2 is 2.15 bits per heavy atom. The third kappa shape index (κ3) is 6.10. The summed E-state index contributed by atoms with van der Waals surface area (Å²) in [5.74, 6) is -0.499. The predicted molar refractivity (Wildman–Crippen MR) is 142 cm³/mol. The van der Waals surface area contributed by atoms with Gasteiger partial charge in [0, 0.05) is 0 Å². The summed E-state index contributed by atoms with van der Waals surface area (Å²) in [6.45, 7) is 4.42. The van der Waals surface area contributed by atoms with Crippen molar-refractivity contribution in [2.45, 2.75) is 62.4 Å². The highest BCUT2D eigenvalue weighted by Gasteiger charge is 2.60. The first-order chi connectivity index (χ1) is 19.1. The number of ether oxygens (including phenoxy) is 2. The Labute approximate surface area is 230 Å². The molecule has 4 rings (SSSR count). The van der Waals surface area contributed by atoms with E-state index in [1.54, 1.807) is 18.2 Å². The maximum Gasteiger partial charge on any atom is 0.459 e. The molecule has 0 aromatic heterocycles. The number of carbonyl (C=O) groups excluding carboxylic acids is 1. The van der Waals surface area contributed by atoms with E-state index in [0.29, 0.717) is 0 Å². The van der Waals surface area contributed by atoms with Crippen LogP contribution >= 0.6 is 7.75 Å². The summed E-state index contributed by atoms with van der Waals surface area (Å²) in [7, 11) is -4.31. The van der Waals surface area contributed by atoms with Crippen molar-refractivity contribution < 1.29 is 38.1 Å². The normalized spacial score (nSPS) is 29.6. The van der Waals surface area contributed by atoms with Gasteiger partial charge in [0.2, 0.25) is 0 Å². The zero-order chi connectivity index (χ0) is 28.9. The Balaban J connectivity index is 1.53. The van der Waals surface area contributed by atoms with Gasteiger partial charge < -0.3 is 29.9 Å². The third-order valence-corrected chi connectivity index (χ3v) is 8.10. The summed E-state index contributed by atoms with van der Waals surface area (Å²) >= 11 is 0. The number of nitrogens with zero attached hydrogens (tertiary/aromatic N) is 4. The Morgan fingerprint density at radius 1 is 1.43 bits per heavy atom. The molecular weight excluding hydrogens is 543 g/mol. The van der Waals surface area contributed by atoms with Gasteiger partial charge in [-0.05, 0) is 44.4 Å². The lowest BCUT2D eigenvalue weighted by atomic mass is 9.96. The molecule has 0 spiro atoms. The van der Waals surface area contributed by atoms with Gasteiger partial charge in [-0.2, -0.15) is 15.5 Å². The van der Waals surface area contributed by atoms with Gasteiger partial charge in [-0.1, -0.05) is 30.9 Å². The van der Waals surface area contributed by atoms with Gasteiger partial charge in [-0.3, -0.25) is 9.32 Å². The molecule has 15 heteroatoms. The van der Waals surface area contributed by atoms with Gasteiger partial charge in [-0.25, -0.2) is 14.6 Å². The molecule has 2 heterocycles. The summed E-state index contributed by atoms with van der Waals surface area (Å²) in [5, 5.41) is 39.3. The average Bonchev–Trinajstić information content (AvgIpc) is 3.16. The van der Waals surface area contributed by atoms with Crippen molar-refractivity contribution >= 4 is 25.9 Å². The quantitative estimate of drug-likeness (QED) is 0.218. The van der Waals surface area contributed by atoms with E-state index in [1.807, 2.05) is 6.07 Å². The highest BCUT2D eigenvalue weighted by molar-refractivity contribution is 7.52. The summed E-state index contributed by atoms with van der Waals surface area (Å²) in [6.07, 6.45) is 1.21. The number of aliphatic hydroxyl groups is 2. The topological polar surface area (TPSA) is 201 Å². The van der Waals surface area contributed by atoms with Crippen molar-refractivity contribution in [3.63, 3.8) is 0 Å². The van der Waals surface area contributed by atoms with E-state index in [0.717, 1.165) is 30.6 Å². The smallest absolute Gasteiger partial charge is 0.459 e. The van der Waals surface area contributed by atoms with Crippen LogP contribution in [0.4, 0.5) is 0 Å². The van der Waals surface area contributed by atoms with Crippen molar-refractivity contribution in [1.82, 2.24) is 10.1 Å². The number of benzene rings is 1. The van der Waals surface area contributed by atoms with Crippen LogP contribution in [-0.2, 0) is 23.4 Å². The average molecular weight is 575 g/mol. The molecule has 5 N–H and O–H groups in total. The fraction of sp³-hybridized carbons (Fsp3) is 0.440. The second-order valence-corrected chi connectivity index (χ2v) is 11.0. The fourth-order valence-corrected chi connectivity index (χ4v) is 5.59. The molecule has 2 fully saturated rings. The maximum absolute atomic E-state index is 13.8. The maximum atomic E-state index is 13.8. The molecule has 1 aliphatic carbocycles. The van der Waals surface area contributed by atoms with E-state index >= 15 is 0 Å². The van der Waals surface area contributed by atoms with E-state index in [1.165, 1.54) is 31.2 Å². The second-order valence-electron chi connectivity index (χ2n) is 9.28. The SMILES string of the molecule is C=C/C=C1/C(N)=NC=NN1[C@]1(C#N)O[C@H](COP(=O)(N[C@@H](C)C(=O)OC2CCC2)Oc2ccccc2)[C@@H](O)[C@H]1O. The van der Waals surface area contributed by atoms with Crippen molar-refractivity contribution in [3.05, 3.63) is 54.8 Å². The number of para-hydroxylation sites is 1. The van der Waals surface area contributed by atoms with Crippen LogP contribution in [0.2, 0.25) is 0 Å². The van der Waals surface area contributed by atoms with E-state index in [-0.39, 0.29) is 23.4 Å². The van der Waals surface area contributed by atoms with E-state index in [4.69, 9.17) is 24.3 Å².